The summed E-state index contributed by atoms with van der Waals surface area (Å²) in [6.45, 7) is -0.0460. The molecule has 31 heavy (non-hydrogen) atoms. The van der Waals surface area contributed by atoms with Crippen molar-refractivity contribution in [2.75, 3.05) is 11.9 Å². The Hall–Kier alpha value is -3.82. The van der Waals surface area contributed by atoms with Crippen molar-refractivity contribution < 1.29 is 14.3 Å². The summed E-state index contributed by atoms with van der Waals surface area (Å²) >= 11 is 6.14. The Bertz CT molecular complexity index is 1080. The zero-order valence-corrected chi connectivity index (χ0v) is 17.3. The maximum atomic E-state index is 12.7. The minimum absolute atomic E-state index is 0.0346. The van der Waals surface area contributed by atoms with Gasteiger partial charge in [-0.15, -0.1) is 0 Å². The van der Waals surface area contributed by atoms with Crippen LogP contribution in [-0.4, -0.2) is 18.4 Å². The third kappa shape index (κ3) is 6.33. The zero-order valence-electron chi connectivity index (χ0n) is 16.5. The lowest BCUT2D eigenvalue weighted by molar-refractivity contribution is -0.116. The second kappa shape index (κ2) is 10.8. The number of nitrogens with zero attached hydrogens (tertiary/aromatic N) is 1. The molecule has 3 rings (SSSR count). The summed E-state index contributed by atoms with van der Waals surface area (Å²) in [5, 5.41) is 14.6. The van der Waals surface area contributed by atoms with Gasteiger partial charge in [0.05, 0.1) is 23.0 Å². The molecule has 3 aromatic carbocycles. The van der Waals surface area contributed by atoms with Crippen LogP contribution in [0.3, 0.4) is 0 Å². The van der Waals surface area contributed by atoms with Gasteiger partial charge in [-0.05, 0) is 42.0 Å². The fourth-order valence-electron chi connectivity index (χ4n) is 2.97. The molecule has 0 bridgehead atoms. The fourth-order valence-corrected chi connectivity index (χ4v) is 3.19. The summed E-state index contributed by atoms with van der Waals surface area (Å²) in [5.41, 5.74) is 1.73. The van der Waals surface area contributed by atoms with Crippen LogP contribution in [0.4, 0.5) is 5.69 Å². The first kappa shape index (κ1) is 21.9. The lowest BCUT2D eigenvalue weighted by Crippen LogP contribution is -2.31. The van der Waals surface area contributed by atoms with Crippen LogP contribution < -0.4 is 15.4 Å². The van der Waals surface area contributed by atoms with E-state index in [0.29, 0.717) is 22.0 Å². The van der Waals surface area contributed by atoms with E-state index in [2.05, 4.69) is 10.6 Å². The standard InChI is InChI=1S/C24H20ClN3O3/c25-21-9-5-4-8-20(21)24(30)28-22(17-6-2-1-3-7-17)16-23(29)27-18-10-12-19(13-11-18)31-15-14-26/h1-13,22H,15-16H2,(H,27,29)(H,28,30). The average molecular weight is 434 g/mol. The van der Waals surface area contributed by atoms with Gasteiger partial charge >= 0.3 is 0 Å². The Kier molecular flexibility index (Phi) is 7.63. The van der Waals surface area contributed by atoms with Crippen LogP contribution in [0.1, 0.15) is 28.4 Å². The van der Waals surface area contributed by atoms with E-state index in [4.69, 9.17) is 21.6 Å². The topological polar surface area (TPSA) is 91.2 Å². The molecule has 0 aromatic heterocycles. The second-order valence-electron chi connectivity index (χ2n) is 6.64. The Balaban J connectivity index is 1.70. The molecule has 156 valence electrons. The molecule has 1 atom stereocenters. The fraction of sp³-hybridized carbons (Fsp3) is 0.125. The van der Waals surface area contributed by atoms with Crippen molar-refractivity contribution in [2.24, 2.45) is 0 Å². The first-order valence-corrected chi connectivity index (χ1v) is 9.94. The van der Waals surface area contributed by atoms with Gasteiger partial charge in [-0.1, -0.05) is 54.1 Å². The summed E-state index contributed by atoms with van der Waals surface area (Å²) in [6.07, 6.45) is 0.0346. The molecular formula is C24H20ClN3O3. The van der Waals surface area contributed by atoms with Crippen LogP contribution in [0.15, 0.2) is 78.9 Å². The second-order valence-corrected chi connectivity index (χ2v) is 7.05. The van der Waals surface area contributed by atoms with E-state index >= 15 is 0 Å². The van der Waals surface area contributed by atoms with Crippen LogP contribution >= 0.6 is 11.6 Å². The van der Waals surface area contributed by atoms with Gasteiger partial charge in [-0.2, -0.15) is 5.26 Å². The number of amides is 2. The van der Waals surface area contributed by atoms with Crippen LogP contribution in [0.5, 0.6) is 5.75 Å². The predicted octanol–water partition coefficient (Wildman–Crippen LogP) is 4.74. The zero-order chi connectivity index (χ0) is 22.1. The quantitative estimate of drug-likeness (QED) is 0.536. The minimum atomic E-state index is -0.539. The number of nitrogens with one attached hydrogen (secondary N) is 2. The molecule has 0 saturated carbocycles. The van der Waals surface area contributed by atoms with E-state index < -0.39 is 6.04 Å². The number of benzene rings is 3. The number of hydrogen-bond acceptors (Lipinski definition) is 4. The summed E-state index contributed by atoms with van der Waals surface area (Å²) in [4.78, 5) is 25.4. The van der Waals surface area contributed by atoms with Gasteiger partial charge in [-0.3, -0.25) is 9.59 Å². The van der Waals surface area contributed by atoms with Crippen molar-refractivity contribution in [1.29, 1.82) is 5.26 Å². The molecule has 0 aliphatic rings. The van der Waals surface area contributed by atoms with Crippen molar-refractivity contribution in [2.45, 2.75) is 12.5 Å². The molecule has 3 aromatic rings. The number of nitriles is 1. The Labute approximate surface area is 185 Å². The largest absolute Gasteiger partial charge is 0.479 e. The van der Waals surface area contributed by atoms with Crippen molar-refractivity contribution in [3.8, 4) is 11.8 Å². The van der Waals surface area contributed by atoms with Crippen LogP contribution in [0.25, 0.3) is 0 Å². The smallest absolute Gasteiger partial charge is 0.253 e. The van der Waals surface area contributed by atoms with Crippen LogP contribution in [0.2, 0.25) is 5.02 Å². The normalized spacial score (nSPS) is 11.1. The molecule has 0 heterocycles. The molecule has 0 saturated heterocycles. The van der Waals surface area contributed by atoms with E-state index in [1.165, 1.54) is 0 Å². The third-order valence-corrected chi connectivity index (χ3v) is 4.79. The predicted molar refractivity (Wildman–Crippen MR) is 119 cm³/mol. The molecule has 0 radical (unpaired) electrons. The van der Waals surface area contributed by atoms with Gasteiger partial charge in [0, 0.05) is 5.69 Å². The van der Waals surface area contributed by atoms with Gasteiger partial charge in [0.25, 0.3) is 5.91 Å². The van der Waals surface area contributed by atoms with E-state index in [1.807, 2.05) is 36.4 Å². The average Bonchev–Trinajstić information content (AvgIpc) is 2.79. The molecule has 7 heteroatoms. The SMILES string of the molecule is N#CCOc1ccc(NC(=O)CC(NC(=O)c2ccccc2Cl)c2ccccc2)cc1. The summed E-state index contributed by atoms with van der Waals surface area (Å²) in [7, 11) is 0. The highest BCUT2D eigenvalue weighted by atomic mass is 35.5. The van der Waals surface area contributed by atoms with Crippen LogP contribution in [0, 0.1) is 11.3 Å². The van der Waals surface area contributed by atoms with Gasteiger partial charge < -0.3 is 15.4 Å². The third-order valence-electron chi connectivity index (χ3n) is 4.46. The summed E-state index contributed by atoms with van der Waals surface area (Å²) in [5.74, 6) is -0.0843. The molecule has 2 amide bonds. The number of anilines is 1. The molecule has 0 aliphatic carbocycles. The number of carbonyl (C=O) groups is 2. The highest BCUT2D eigenvalue weighted by Crippen LogP contribution is 2.22. The summed E-state index contributed by atoms with van der Waals surface area (Å²) in [6, 6.07) is 24.1. The highest BCUT2D eigenvalue weighted by molar-refractivity contribution is 6.33. The summed E-state index contributed by atoms with van der Waals surface area (Å²) < 4.78 is 5.20. The van der Waals surface area contributed by atoms with E-state index in [1.54, 1.807) is 48.5 Å². The van der Waals surface area contributed by atoms with Gasteiger partial charge in [-0.25, -0.2) is 0 Å². The Morgan fingerprint density at radius 2 is 1.65 bits per heavy atom. The number of ether oxygens (including phenoxy) is 1. The van der Waals surface area contributed by atoms with Crippen molar-refractivity contribution in [1.82, 2.24) is 5.32 Å². The van der Waals surface area contributed by atoms with Crippen molar-refractivity contribution in [3.05, 3.63) is 95.0 Å². The minimum Gasteiger partial charge on any atom is -0.479 e. The number of carbonyl (C=O) groups excluding carboxylic acids is 2. The lowest BCUT2D eigenvalue weighted by Gasteiger charge is -2.19. The van der Waals surface area contributed by atoms with Gasteiger partial charge in [0.1, 0.15) is 11.8 Å². The molecule has 1 unspecified atom stereocenters. The number of halogens is 1. The molecule has 0 spiro atoms. The lowest BCUT2D eigenvalue weighted by atomic mass is 10.0. The first-order chi connectivity index (χ1) is 15.1. The molecule has 0 aliphatic heterocycles. The molecule has 2 N–H and O–H groups in total. The maximum Gasteiger partial charge on any atom is 0.253 e. The highest BCUT2D eigenvalue weighted by Gasteiger charge is 2.20. The van der Waals surface area contributed by atoms with Crippen molar-refractivity contribution >= 4 is 29.1 Å². The van der Waals surface area contributed by atoms with Crippen molar-refractivity contribution in [3.63, 3.8) is 0 Å². The van der Waals surface area contributed by atoms with Gasteiger partial charge in [0.15, 0.2) is 6.61 Å². The Morgan fingerprint density at radius 1 is 0.968 bits per heavy atom. The maximum absolute atomic E-state index is 12.7. The van der Waals surface area contributed by atoms with E-state index in [-0.39, 0.29) is 24.8 Å². The molecule has 6 nitrogen and oxygen atoms in total. The number of rotatable bonds is 8. The molecular weight excluding hydrogens is 414 g/mol. The van der Waals surface area contributed by atoms with E-state index in [0.717, 1.165) is 5.56 Å². The van der Waals surface area contributed by atoms with Crippen LogP contribution in [-0.2, 0) is 4.79 Å². The van der Waals surface area contributed by atoms with E-state index in [9.17, 15) is 9.59 Å². The molecule has 0 fully saturated rings. The number of hydrogen-bond donors (Lipinski definition) is 2. The Morgan fingerprint density at radius 3 is 2.32 bits per heavy atom. The van der Waals surface area contributed by atoms with Gasteiger partial charge in [0.2, 0.25) is 5.91 Å². The monoisotopic (exact) mass is 433 g/mol. The first-order valence-electron chi connectivity index (χ1n) is 9.57.